The van der Waals surface area contributed by atoms with Crippen molar-refractivity contribution in [2.45, 2.75) is 18.9 Å². The number of carbonyl (C=O) groups excluding carboxylic acids is 2. The van der Waals surface area contributed by atoms with Crippen LogP contribution in [0.15, 0.2) is 54.6 Å². The molecule has 2 aromatic carbocycles. The molecule has 27 heavy (non-hydrogen) atoms. The molecule has 3 N–H and O–H groups in total. The molecule has 1 aliphatic rings. The highest BCUT2D eigenvalue weighted by Gasteiger charge is 2.32. The lowest BCUT2D eigenvalue weighted by atomic mass is 10.1. The van der Waals surface area contributed by atoms with Crippen LogP contribution in [0.5, 0.6) is 0 Å². The van der Waals surface area contributed by atoms with Crippen molar-refractivity contribution in [1.82, 2.24) is 5.32 Å². The van der Waals surface area contributed by atoms with Crippen LogP contribution < -0.4 is 15.5 Å². The van der Waals surface area contributed by atoms with E-state index in [1.54, 1.807) is 24.3 Å². The highest BCUT2D eigenvalue weighted by atomic mass is 16.4. The Kier molecular flexibility index (Phi) is 5.71. The SMILES string of the molecule is O=C(O)CN1C(=O)C(NC(=O)CCc2ccccc2)CNc2ccccc21. The van der Waals surface area contributed by atoms with E-state index < -0.39 is 24.5 Å². The first-order valence-corrected chi connectivity index (χ1v) is 8.74. The van der Waals surface area contributed by atoms with Crippen LogP contribution in [-0.2, 0) is 20.8 Å². The molecule has 0 radical (unpaired) electrons. The third-order valence-corrected chi connectivity index (χ3v) is 4.37. The number of hydrogen-bond donors (Lipinski definition) is 3. The zero-order valence-electron chi connectivity index (χ0n) is 14.7. The Morgan fingerprint density at radius 3 is 2.56 bits per heavy atom. The van der Waals surface area contributed by atoms with Crippen molar-refractivity contribution in [2.24, 2.45) is 0 Å². The molecule has 0 spiro atoms. The zero-order valence-corrected chi connectivity index (χ0v) is 14.7. The number of fused-ring (bicyclic) bond motifs is 1. The maximum atomic E-state index is 12.9. The quantitative estimate of drug-likeness (QED) is 0.721. The number of nitrogens with zero attached hydrogens (tertiary/aromatic N) is 1. The van der Waals surface area contributed by atoms with Gasteiger partial charge >= 0.3 is 5.97 Å². The van der Waals surface area contributed by atoms with E-state index in [4.69, 9.17) is 0 Å². The lowest BCUT2D eigenvalue weighted by molar-refractivity contribution is -0.136. The van der Waals surface area contributed by atoms with Crippen molar-refractivity contribution in [1.29, 1.82) is 0 Å². The molecule has 1 aliphatic heterocycles. The van der Waals surface area contributed by atoms with Crippen LogP contribution in [0.25, 0.3) is 0 Å². The summed E-state index contributed by atoms with van der Waals surface area (Å²) in [5.41, 5.74) is 2.19. The molecule has 3 rings (SSSR count). The number of anilines is 2. The lowest BCUT2D eigenvalue weighted by Gasteiger charge is -2.23. The van der Waals surface area contributed by atoms with Crippen LogP contribution in [0.1, 0.15) is 12.0 Å². The Bertz CT molecular complexity index is 838. The summed E-state index contributed by atoms with van der Waals surface area (Å²) < 4.78 is 0. The van der Waals surface area contributed by atoms with Crippen LogP contribution in [-0.4, -0.2) is 42.0 Å². The monoisotopic (exact) mass is 367 g/mol. The Balaban J connectivity index is 1.69. The van der Waals surface area contributed by atoms with Gasteiger partial charge in [0.2, 0.25) is 5.91 Å². The second kappa shape index (κ2) is 8.35. The van der Waals surface area contributed by atoms with Crippen LogP contribution >= 0.6 is 0 Å². The summed E-state index contributed by atoms with van der Waals surface area (Å²) in [7, 11) is 0. The molecule has 1 unspecified atom stereocenters. The van der Waals surface area contributed by atoms with Gasteiger partial charge in [-0.3, -0.25) is 19.3 Å². The number of hydrogen-bond acceptors (Lipinski definition) is 4. The second-order valence-corrected chi connectivity index (χ2v) is 6.32. The summed E-state index contributed by atoms with van der Waals surface area (Å²) in [5.74, 6) is -1.81. The zero-order chi connectivity index (χ0) is 19.2. The molecule has 0 fully saturated rings. The second-order valence-electron chi connectivity index (χ2n) is 6.32. The fourth-order valence-corrected chi connectivity index (χ4v) is 3.04. The standard InChI is InChI=1S/C20H21N3O4/c24-18(11-10-14-6-2-1-3-7-14)22-16-12-21-15-8-4-5-9-17(15)23(20(16)27)13-19(25)26/h1-9,16,21H,10-13H2,(H,22,24)(H,25,26). The van der Waals surface area contributed by atoms with E-state index in [9.17, 15) is 19.5 Å². The van der Waals surface area contributed by atoms with Crippen molar-refractivity contribution in [3.63, 3.8) is 0 Å². The molecule has 0 saturated carbocycles. The molecule has 1 atom stereocenters. The predicted octanol–water partition coefficient (Wildman–Crippen LogP) is 1.65. The normalized spacial score (nSPS) is 16.1. The topological polar surface area (TPSA) is 98.7 Å². The number of carboxylic acids is 1. The summed E-state index contributed by atoms with van der Waals surface area (Å²) >= 11 is 0. The van der Waals surface area contributed by atoms with Gasteiger partial charge in [0.15, 0.2) is 0 Å². The number of para-hydroxylation sites is 2. The molecule has 2 amide bonds. The Morgan fingerprint density at radius 1 is 1.11 bits per heavy atom. The summed E-state index contributed by atoms with van der Waals surface area (Å²) in [6, 6.07) is 15.8. The van der Waals surface area contributed by atoms with Gasteiger partial charge in [0, 0.05) is 13.0 Å². The van der Waals surface area contributed by atoms with E-state index in [0.717, 1.165) is 5.56 Å². The average molecular weight is 367 g/mol. The van der Waals surface area contributed by atoms with Crippen molar-refractivity contribution >= 4 is 29.2 Å². The maximum absolute atomic E-state index is 12.9. The Morgan fingerprint density at radius 2 is 1.81 bits per heavy atom. The summed E-state index contributed by atoms with van der Waals surface area (Å²) in [4.78, 5) is 37.6. The van der Waals surface area contributed by atoms with E-state index in [-0.39, 0.29) is 18.9 Å². The van der Waals surface area contributed by atoms with E-state index in [0.29, 0.717) is 17.8 Å². The van der Waals surface area contributed by atoms with Gasteiger partial charge in [-0.05, 0) is 24.1 Å². The van der Waals surface area contributed by atoms with E-state index in [1.165, 1.54) is 4.90 Å². The predicted molar refractivity (Wildman–Crippen MR) is 102 cm³/mol. The van der Waals surface area contributed by atoms with Crippen LogP contribution in [0.2, 0.25) is 0 Å². The number of amides is 2. The van der Waals surface area contributed by atoms with Crippen molar-refractivity contribution in [3.8, 4) is 0 Å². The van der Waals surface area contributed by atoms with E-state index in [2.05, 4.69) is 10.6 Å². The number of rotatable bonds is 6. The first-order valence-electron chi connectivity index (χ1n) is 8.74. The number of aliphatic carboxylic acids is 1. The lowest BCUT2D eigenvalue weighted by Crippen LogP contribution is -2.51. The van der Waals surface area contributed by atoms with Crippen LogP contribution in [0.3, 0.4) is 0 Å². The number of benzene rings is 2. The maximum Gasteiger partial charge on any atom is 0.323 e. The van der Waals surface area contributed by atoms with Crippen molar-refractivity contribution in [2.75, 3.05) is 23.3 Å². The molecule has 7 heteroatoms. The molecule has 0 aliphatic carbocycles. The fraction of sp³-hybridized carbons (Fsp3) is 0.250. The number of aryl methyl sites for hydroxylation is 1. The molecule has 0 saturated heterocycles. The summed E-state index contributed by atoms with van der Waals surface area (Å²) in [6.07, 6.45) is 0.819. The number of carbonyl (C=O) groups is 3. The van der Waals surface area contributed by atoms with Gasteiger partial charge in [-0.15, -0.1) is 0 Å². The van der Waals surface area contributed by atoms with Crippen molar-refractivity contribution < 1.29 is 19.5 Å². The first-order chi connectivity index (χ1) is 13.0. The first kappa shape index (κ1) is 18.4. The summed E-state index contributed by atoms with van der Waals surface area (Å²) in [6.45, 7) is -0.267. The number of nitrogens with one attached hydrogen (secondary N) is 2. The molecule has 140 valence electrons. The third-order valence-electron chi connectivity index (χ3n) is 4.37. The molecular weight excluding hydrogens is 346 g/mol. The molecule has 0 bridgehead atoms. The average Bonchev–Trinajstić information content (AvgIpc) is 2.79. The van der Waals surface area contributed by atoms with Crippen LogP contribution in [0.4, 0.5) is 11.4 Å². The summed E-state index contributed by atoms with van der Waals surface area (Å²) in [5, 5.41) is 15.0. The van der Waals surface area contributed by atoms with Gasteiger partial charge in [-0.1, -0.05) is 42.5 Å². The van der Waals surface area contributed by atoms with Gasteiger partial charge in [-0.25, -0.2) is 0 Å². The highest BCUT2D eigenvalue weighted by Crippen LogP contribution is 2.28. The molecule has 1 heterocycles. The molecule has 0 aromatic heterocycles. The minimum absolute atomic E-state index is 0.197. The highest BCUT2D eigenvalue weighted by molar-refractivity contribution is 6.05. The third kappa shape index (κ3) is 4.63. The molecular formula is C20H21N3O4. The van der Waals surface area contributed by atoms with Gasteiger partial charge < -0.3 is 15.7 Å². The largest absolute Gasteiger partial charge is 0.480 e. The number of carboxylic acid groups (broad SMARTS) is 1. The Hall–Kier alpha value is -3.35. The van der Waals surface area contributed by atoms with E-state index in [1.807, 2.05) is 30.3 Å². The fourth-order valence-electron chi connectivity index (χ4n) is 3.04. The van der Waals surface area contributed by atoms with Gasteiger partial charge in [0.1, 0.15) is 12.6 Å². The minimum atomic E-state index is -1.12. The van der Waals surface area contributed by atoms with Gasteiger partial charge in [0.05, 0.1) is 11.4 Å². The van der Waals surface area contributed by atoms with Gasteiger partial charge in [0.25, 0.3) is 5.91 Å². The van der Waals surface area contributed by atoms with E-state index >= 15 is 0 Å². The smallest absolute Gasteiger partial charge is 0.323 e. The minimum Gasteiger partial charge on any atom is -0.480 e. The molecule has 2 aromatic rings. The van der Waals surface area contributed by atoms with Gasteiger partial charge in [-0.2, -0.15) is 0 Å². The molecule has 7 nitrogen and oxygen atoms in total. The van der Waals surface area contributed by atoms with Crippen molar-refractivity contribution in [3.05, 3.63) is 60.2 Å². The Labute approximate surface area is 157 Å². The van der Waals surface area contributed by atoms with Crippen LogP contribution in [0, 0.1) is 0 Å².